The van der Waals surface area contributed by atoms with Gasteiger partial charge in [0.1, 0.15) is 11.1 Å². The smallest absolute Gasteiger partial charge is 0.161 e. The second kappa shape index (κ2) is 10.7. The highest BCUT2D eigenvalue weighted by Crippen LogP contribution is 2.41. The van der Waals surface area contributed by atoms with Crippen molar-refractivity contribution >= 4 is 64.4 Å². The van der Waals surface area contributed by atoms with Gasteiger partial charge in [0.15, 0.2) is 11.4 Å². The molecular formula is C43H25N3OS. The second-order valence-corrected chi connectivity index (χ2v) is 13.0. The minimum atomic E-state index is 0.685. The molecule has 0 amide bonds. The molecule has 0 radical (unpaired) electrons. The number of rotatable bonds is 4. The minimum absolute atomic E-state index is 0.685. The fourth-order valence-electron chi connectivity index (χ4n) is 6.80. The van der Waals surface area contributed by atoms with Crippen LogP contribution in [0.2, 0.25) is 0 Å². The maximum absolute atomic E-state index is 6.29. The number of nitrogens with zero attached hydrogens (tertiary/aromatic N) is 3. The summed E-state index contributed by atoms with van der Waals surface area (Å²) in [7, 11) is 0. The van der Waals surface area contributed by atoms with Gasteiger partial charge in [0.2, 0.25) is 0 Å². The molecule has 0 bridgehead atoms. The zero-order valence-corrected chi connectivity index (χ0v) is 26.4. The van der Waals surface area contributed by atoms with Crippen LogP contribution in [-0.4, -0.2) is 15.0 Å². The van der Waals surface area contributed by atoms with Gasteiger partial charge in [-0.05, 0) is 24.3 Å². The Balaban J connectivity index is 1.14. The van der Waals surface area contributed by atoms with Crippen LogP contribution in [0.1, 0.15) is 0 Å². The molecule has 0 N–H and O–H groups in total. The van der Waals surface area contributed by atoms with Gasteiger partial charge >= 0.3 is 0 Å². The van der Waals surface area contributed by atoms with Crippen molar-refractivity contribution in [2.75, 3.05) is 0 Å². The molecule has 0 aliphatic carbocycles. The average molecular weight is 632 g/mol. The van der Waals surface area contributed by atoms with E-state index in [1.807, 2.05) is 35.6 Å². The summed E-state index contributed by atoms with van der Waals surface area (Å²) in [6.45, 7) is 0. The molecule has 224 valence electrons. The molecule has 0 aliphatic rings. The molecular weight excluding hydrogens is 607 g/mol. The zero-order chi connectivity index (χ0) is 31.6. The number of aromatic nitrogens is 3. The minimum Gasteiger partial charge on any atom is -0.454 e. The molecule has 6 aromatic carbocycles. The van der Waals surface area contributed by atoms with Crippen LogP contribution in [-0.2, 0) is 0 Å². The molecule has 0 saturated carbocycles. The van der Waals surface area contributed by atoms with E-state index in [9.17, 15) is 0 Å². The summed E-state index contributed by atoms with van der Waals surface area (Å²) in [4.78, 5) is 15.5. The number of benzene rings is 6. The molecule has 0 aliphatic heterocycles. The lowest BCUT2D eigenvalue weighted by atomic mass is 10.0. The quantitative estimate of drug-likeness (QED) is 0.194. The standard InChI is InChI=1S/C43H25N3OS/c1-2-11-26(12-3-1)35-25-36(33-18-10-17-32-29-13-7-9-20-38(29)48-42(32)33)45-43(44-35)28-23-21-27(22-24-28)39-30-14-4-5-15-31(30)41-40(46-39)34-16-6-8-19-37(34)47-41/h1-25H. The van der Waals surface area contributed by atoms with Crippen LogP contribution in [0, 0.1) is 0 Å². The van der Waals surface area contributed by atoms with Crippen molar-refractivity contribution in [1.29, 1.82) is 0 Å². The molecule has 5 heteroatoms. The lowest BCUT2D eigenvalue weighted by Crippen LogP contribution is -1.96. The lowest BCUT2D eigenvalue weighted by Gasteiger charge is -2.11. The van der Waals surface area contributed by atoms with E-state index in [2.05, 4.69) is 127 Å². The lowest BCUT2D eigenvalue weighted by molar-refractivity contribution is 0.672. The largest absolute Gasteiger partial charge is 0.454 e. The predicted octanol–water partition coefficient (Wildman–Crippen LogP) is 12.0. The summed E-state index contributed by atoms with van der Waals surface area (Å²) in [5.41, 5.74) is 9.40. The fraction of sp³-hybridized carbons (Fsp3) is 0. The third-order valence-corrected chi connectivity index (χ3v) is 10.3. The summed E-state index contributed by atoms with van der Waals surface area (Å²) < 4.78 is 8.80. The molecule has 0 saturated heterocycles. The Morgan fingerprint density at radius 2 is 1.12 bits per heavy atom. The van der Waals surface area contributed by atoms with Crippen molar-refractivity contribution in [3.8, 4) is 45.2 Å². The third-order valence-electron chi connectivity index (χ3n) is 9.11. The summed E-state index contributed by atoms with van der Waals surface area (Å²) in [5, 5.41) is 5.65. The molecule has 0 atom stereocenters. The van der Waals surface area contributed by atoms with E-state index in [-0.39, 0.29) is 0 Å². The Morgan fingerprint density at radius 1 is 0.458 bits per heavy atom. The van der Waals surface area contributed by atoms with E-state index in [4.69, 9.17) is 19.4 Å². The number of para-hydroxylation sites is 1. The van der Waals surface area contributed by atoms with Gasteiger partial charge in [0.25, 0.3) is 0 Å². The topological polar surface area (TPSA) is 51.8 Å². The Labute approximate surface area is 279 Å². The van der Waals surface area contributed by atoms with E-state index in [0.29, 0.717) is 5.82 Å². The van der Waals surface area contributed by atoms with Gasteiger partial charge in [-0.2, -0.15) is 0 Å². The molecule has 0 spiro atoms. The highest BCUT2D eigenvalue weighted by molar-refractivity contribution is 7.26. The number of hydrogen-bond donors (Lipinski definition) is 0. The van der Waals surface area contributed by atoms with Crippen LogP contribution >= 0.6 is 11.3 Å². The van der Waals surface area contributed by atoms with Crippen molar-refractivity contribution in [2.45, 2.75) is 0 Å². The Kier molecular flexibility index (Phi) is 6.01. The van der Waals surface area contributed by atoms with E-state index < -0.39 is 0 Å². The molecule has 4 aromatic heterocycles. The van der Waals surface area contributed by atoms with Gasteiger partial charge < -0.3 is 4.42 Å². The predicted molar refractivity (Wildman–Crippen MR) is 199 cm³/mol. The van der Waals surface area contributed by atoms with Gasteiger partial charge in [0.05, 0.1) is 17.1 Å². The molecule has 10 aromatic rings. The summed E-state index contributed by atoms with van der Waals surface area (Å²) in [5.74, 6) is 0.685. The molecule has 0 fully saturated rings. The van der Waals surface area contributed by atoms with Gasteiger partial charge in [-0.1, -0.05) is 127 Å². The number of hydrogen-bond acceptors (Lipinski definition) is 5. The first-order chi connectivity index (χ1) is 23.8. The van der Waals surface area contributed by atoms with Gasteiger partial charge in [-0.3, -0.25) is 0 Å². The Bertz CT molecular complexity index is 2830. The zero-order valence-electron chi connectivity index (χ0n) is 25.6. The Morgan fingerprint density at radius 3 is 1.98 bits per heavy atom. The van der Waals surface area contributed by atoms with Crippen LogP contribution in [0.3, 0.4) is 0 Å². The maximum Gasteiger partial charge on any atom is 0.161 e. The number of fused-ring (bicyclic) bond motifs is 8. The third kappa shape index (κ3) is 4.25. The molecule has 4 heterocycles. The van der Waals surface area contributed by atoms with Crippen molar-refractivity contribution in [1.82, 2.24) is 15.0 Å². The summed E-state index contributed by atoms with van der Waals surface area (Å²) >= 11 is 1.81. The van der Waals surface area contributed by atoms with Gasteiger partial charge in [-0.15, -0.1) is 11.3 Å². The molecule has 4 nitrogen and oxygen atoms in total. The van der Waals surface area contributed by atoms with Crippen molar-refractivity contribution in [3.05, 3.63) is 152 Å². The maximum atomic E-state index is 6.29. The van der Waals surface area contributed by atoms with Crippen LogP contribution in [0.25, 0.3) is 98.2 Å². The van der Waals surface area contributed by atoms with Gasteiger partial charge in [0, 0.05) is 58.6 Å². The van der Waals surface area contributed by atoms with Gasteiger partial charge in [-0.25, -0.2) is 15.0 Å². The van der Waals surface area contributed by atoms with Crippen molar-refractivity contribution in [2.24, 2.45) is 0 Å². The van der Waals surface area contributed by atoms with Crippen molar-refractivity contribution < 1.29 is 4.42 Å². The highest BCUT2D eigenvalue weighted by Gasteiger charge is 2.18. The SMILES string of the molecule is c1ccc(-c2cc(-c3cccc4c3sc3ccccc34)nc(-c3ccc(-c4nc5c6ccccc6oc5c5ccccc45)cc3)n2)cc1. The monoisotopic (exact) mass is 631 g/mol. The Hall–Kier alpha value is -6.17. The molecule has 0 unspecified atom stereocenters. The van der Waals surface area contributed by atoms with E-state index in [1.54, 1.807) is 0 Å². The van der Waals surface area contributed by atoms with Crippen LogP contribution in [0.4, 0.5) is 0 Å². The first kappa shape index (κ1) is 27.0. The van der Waals surface area contributed by atoms with E-state index >= 15 is 0 Å². The number of furan rings is 1. The summed E-state index contributed by atoms with van der Waals surface area (Å²) in [6.07, 6.45) is 0. The number of pyridine rings is 1. The second-order valence-electron chi connectivity index (χ2n) is 12.0. The van der Waals surface area contributed by atoms with Crippen molar-refractivity contribution in [3.63, 3.8) is 0 Å². The molecule has 10 rings (SSSR count). The van der Waals surface area contributed by atoms with Crippen LogP contribution < -0.4 is 0 Å². The molecule has 48 heavy (non-hydrogen) atoms. The summed E-state index contributed by atoms with van der Waals surface area (Å²) in [6, 6.07) is 52.5. The highest BCUT2D eigenvalue weighted by atomic mass is 32.1. The van der Waals surface area contributed by atoms with E-state index in [1.165, 1.54) is 20.2 Å². The normalized spacial score (nSPS) is 11.8. The number of thiophene rings is 1. The first-order valence-electron chi connectivity index (χ1n) is 15.9. The van der Waals surface area contributed by atoms with E-state index in [0.717, 1.165) is 72.2 Å². The first-order valence-corrected chi connectivity index (χ1v) is 16.8. The van der Waals surface area contributed by atoms with Crippen LogP contribution in [0.15, 0.2) is 156 Å². The van der Waals surface area contributed by atoms with Crippen LogP contribution in [0.5, 0.6) is 0 Å². The fourth-order valence-corrected chi connectivity index (χ4v) is 8.03. The average Bonchev–Trinajstić information content (AvgIpc) is 3.74.